The van der Waals surface area contributed by atoms with Crippen molar-refractivity contribution in [2.45, 2.75) is 59.1 Å². The van der Waals surface area contributed by atoms with E-state index in [-0.39, 0.29) is 11.9 Å². The predicted octanol–water partition coefficient (Wildman–Crippen LogP) is 2.39. The fraction of sp³-hybridized carbons (Fsp3) is 0.733. The van der Waals surface area contributed by atoms with Gasteiger partial charge in [0.15, 0.2) is 5.78 Å². The molecule has 1 unspecified atom stereocenters. The van der Waals surface area contributed by atoms with E-state index in [1.807, 2.05) is 11.6 Å². The molecule has 1 saturated carbocycles. The number of aryl methyl sites for hydroxylation is 2. The highest BCUT2D eigenvalue weighted by molar-refractivity contribution is 5.85. The highest BCUT2D eigenvalue weighted by Crippen LogP contribution is 2.35. The molecular weight excluding hydrogens is 240 g/mol. The van der Waals surface area contributed by atoms with E-state index in [1.54, 1.807) is 0 Å². The maximum atomic E-state index is 12.4. The lowest BCUT2D eigenvalue weighted by Crippen LogP contribution is -2.29. The van der Waals surface area contributed by atoms with Crippen molar-refractivity contribution in [1.29, 1.82) is 0 Å². The van der Waals surface area contributed by atoms with Crippen LogP contribution in [-0.2, 0) is 28.9 Å². The van der Waals surface area contributed by atoms with E-state index < -0.39 is 0 Å². The van der Waals surface area contributed by atoms with E-state index in [0.717, 1.165) is 37.2 Å². The molecule has 1 fully saturated rings. The second-order valence-corrected chi connectivity index (χ2v) is 5.15. The smallest absolute Gasteiger partial charge is 0.167 e. The van der Waals surface area contributed by atoms with E-state index >= 15 is 0 Å². The second-order valence-electron chi connectivity index (χ2n) is 5.15. The zero-order valence-corrected chi connectivity index (χ0v) is 12.2. The molecule has 4 heteroatoms. The fourth-order valence-corrected chi connectivity index (χ4v) is 2.45. The van der Waals surface area contributed by atoms with Crippen LogP contribution in [0.5, 0.6) is 0 Å². The third kappa shape index (κ3) is 3.44. The fourth-order valence-electron chi connectivity index (χ4n) is 2.45. The van der Waals surface area contributed by atoms with Crippen LogP contribution in [0.25, 0.3) is 0 Å². The van der Waals surface area contributed by atoms with Gasteiger partial charge in [0.25, 0.3) is 0 Å². The lowest BCUT2D eigenvalue weighted by Gasteiger charge is -2.15. The van der Waals surface area contributed by atoms with Gasteiger partial charge in [-0.25, -0.2) is 0 Å². The molecule has 0 amide bonds. The topological polar surface area (TPSA) is 44.1 Å². The third-order valence-corrected chi connectivity index (χ3v) is 3.64. The molecule has 0 radical (unpaired) electrons. The largest absolute Gasteiger partial charge is 0.370 e. The number of hydrogen-bond acceptors (Lipinski definition) is 3. The summed E-state index contributed by atoms with van der Waals surface area (Å²) >= 11 is 0. The molecule has 1 aromatic rings. The summed E-state index contributed by atoms with van der Waals surface area (Å²) in [6.07, 6.45) is 3.41. The minimum absolute atomic E-state index is 0.199. The molecule has 0 aromatic carbocycles. The maximum absolute atomic E-state index is 12.4. The first-order valence-corrected chi connectivity index (χ1v) is 7.39. The molecule has 0 bridgehead atoms. The van der Waals surface area contributed by atoms with Gasteiger partial charge in [0.1, 0.15) is 6.10 Å². The Morgan fingerprint density at radius 1 is 1.47 bits per heavy atom. The minimum Gasteiger partial charge on any atom is -0.370 e. The predicted molar refractivity (Wildman–Crippen MR) is 74.1 cm³/mol. The second kappa shape index (κ2) is 6.33. The van der Waals surface area contributed by atoms with Crippen LogP contribution in [0.2, 0.25) is 0 Å². The number of hydrogen-bond donors (Lipinski definition) is 0. The average molecular weight is 264 g/mol. The molecule has 1 aliphatic rings. The van der Waals surface area contributed by atoms with Crippen molar-refractivity contribution in [2.75, 3.05) is 6.61 Å². The molecule has 4 nitrogen and oxygen atoms in total. The van der Waals surface area contributed by atoms with Gasteiger partial charge >= 0.3 is 0 Å². The van der Waals surface area contributed by atoms with E-state index in [9.17, 15) is 4.79 Å². The molecule has 19 heavy (non-hydrogen) atoms. The molecule has 0 spiro atoms. The summed E-state index contributed by atoms with van der Waals surface area (Å²) in [4.78, 5) is 12.4. The Kier molecular flexibility index (Phi) is 4.75. The van der Waals surface area contributed by atoms with Gasteiger partial charge in [-0.15, -0.1) is 0 Å². The van der Waals surface area contributed by atoms with Crippen LogP contribution >= 0.6 is 0 Å². The summed E-state index contributed by atoms with van der Waals surface area (Å²) in [7, 11) is 0. The molecule has 1 atom stereocenters. The van der Waals surface area contributed by atoms with Gasteiger partial charge in [0, 0.05) is 18.8 Å². The standard InChI is InChI=1S/C15H24N2O2/c1-4-12-9-13(17(5-2)16-12)10-14(18)15(19-6-3)11-7-8-11/h9,11,15H,4-8,10H2,1-3H3. The number of rotatable bonds is 8. The summed E-state index contributed by atoms with van der Waals surface area (Å²) in [6.45, 7) is 7.52. The highest BCUT2D eigenvalue weighted by atomic mass is 16.5. The van der Waals surface area contributed by atoms with Crippen LogP contribution in [0.15, 0.2) is 6.07 Å². The zero-order chi connectivity index (χ0) is 13.8. The molecule has 2 rings (SSSR count). The first-order chi connectivity index (χ1) is 9.19. The lowest BCUT2D eigenvalue weighted by atomic mass is 10.1. The number of nitrogens with zero attached hydrogens (tertiary/aromatic N) is 2. The van der Waals surface area contributed by atoms with Crippen LogP contribution in [0.3, 0.4) is 0 Å². The van der Waals surface area contributed by atoms with E-state index in [0.29, 0.717) is 18.9 Å². The van der Waals surface area contributed by atoms with Gasteiger partial charge in [-0.3, -0.25) is 9.48 Å². The van der Waals surface area contributed by atoms with Crippen LogP contribution in [0, 0.1) is 5.92 Å². The molecular formula is C15H24N2O2. The Labute approximate surface area is 115 Å². The number of ether oxygens (including phenoxy) is 1. The summed E-state index contributed by atoms with van der Waals surface area (Å²) in [6, 6.07) is 2.05. The molecule has 0 N–H and O–H groups in total. The number of ketones is 1. The Bertz CT molecular complexity index is 435. The lowest BCUT2D eigenvalue weighted by molar-refractivity contribution is -0.131. The van der Waals surface area contributed by atoms with Gasteiger partial charge in [-0.2, -0.15) is 5.10 Å². The summed E-state index contributed by atoms with van der Waals surface area (Å²) < 4.78 is 7.56. The molecule has 1 aromatic heterocycles. The monoisotopic (exact) mass is 264 g/mol. The van der Waals surface area contributed by atoms with Crippen LogP contribution in [0.4, 0.5) is 0 Å². The van der Waals surface area contributed by atoms with E-state index in [2.05, 4.69) is 25.0 Å². The van der Waals surface area contributed by atoms with Crippen LogP contribution < -0.4 is 0 Å². The number of aromatic nitrogens is 2. The van der Waals surface area contributed by atoms with Gasteiger partial charge < -0.3 is 4.74 Å². The molecule has 0 saturated heterocycles. The third-order valence-electron chi connectivity index (χ3n) is 3.64. The molecule has 0 aliphatic heterocycles. The zero-order valence-electron chi connectivity index (χ0n) is 12.2. The van der Waals surface area contributed by atoms with Gasteiger partial charge in [-0.1, -0.05) is 6.92 Å². The number of Topliss-reactive ketones (excluding diaryl/α,β-unsaturated/α-hetero) is 1. The van der Waals surface area contributed by atoms with Crippen molar-refractivity contribution in [3.8, 4) is 0 Å². The highest BCUT2D eigenvalue weighted by Gasteiger charge is 2.36. The molecule has 1 aliphatic carbocycles. The van der Waals surface area contributed by atoms with E-state index in [4.69, 9.17) is 4.74 Å². The molecule has 106 valence electrons. The van der Waals surface area contributed by atoms with Crippen molar-refractivity contribution < 1.29 is 9.53 Å². The van der Waals surface area contributed by atoms with Crippen molar-refractivity contribution in [1.82, 2.24) is 9.78 Å². The number of carbonyl (C=O) groups excluding carboxylic acids is 1. The van der Waals surface area contributed by atoms with Gasteiger partial charge in [0.05, 0.1) is 12.1 Å². The minimum atomic E-state index is -0.199. The SMILES string of the molecule is CCOC(C(=O)Cc1cc(CC)nn1CC)C1CC1. The molecule has 1 heterocycles. The van der Waals surface area contributed by atoms with Crippen LogP contribution in [0.1, 0.15) is 45.0 Å². The summed E-state index contributed by atoms with van der Waals surface area (Å²) in [5.74, 6) is 0.665. The van der Waals surface area contributed by atoms with Crippen molar-refractivity contribution in [3.63, 3.8) is 0 Å². The normalized spacial score (nSPS) is 16.6. The Balaban J connectivity index is 2.06. The first kappa shape index (κ1) is 14.3. The number of carbonyl (C=O) groups is 1. The van der Waals surface area contributed by atoms with Gasteiger partial charge in [-0.05, 0) is 45.1 Å². The average Bonchev–Trinajstić information content (AvgIpc) is 3.17. The quantitative estimate of drug-likeness (QED) is 0.724. The Hall–Kier alpha value is -1.16. The van der Waals surface area contributed by atoms with Gasteiger partial charge in [0.2, 0.25) is 0 Å². The van der Waals surface area contributed by atoms with Crippen molar-refractivity contribution in [3.05, 3.63) is 17.5 Å². The van der Waals surface area contributed by atoms with Crippen molar-refractivity contribution in [2.24, 2.45) is 5.92 Å². The van der Waals surface area contributed by atoms with E-state index in [1.165, 1.54) is 0 Å². The van der Waals surface area contributed by atoms with Crippen molar-refractivity contribution >= 4 is 5.78 Å². The van der Waals surface area contributed by atoms with Crippen LogP contribution in [-0.4, -0.2) is 28.3 Å². The first-order valence-electron chi connectivity index (χ1n) is 7.39. The maximum Gasteiger partial charge on any atom is 0.167 e. The summed E-state index contributed by atoms with van der Waals surface area (Å²) in [5, 5.41) is 4.49. The summed E-state index contributed by atoms with van der Waals surface area (Å²) in [5.41, 5.74) is 2.08. The Morgan fingerprint density at radius 2 is 2.21 bits per heavy atom. The Morgan fingerprint density at radius 3 is 2.74 bits per heavy atom.